The topological polar surface area (TPSA) is 20.2 Å². The fourth-order valence-corrected chi connectivity index (χ4v) is 4.06. The smallest absolute Gasteiger partial charge is 0.114 e. The summed E-state index contributed by atoms with van der Waals surface area (Å²) in [6.45, 7) is 10.7. The van der Waals surface area contributed by atoms with Crippen molar-refractivity contribution in [3.8, 4) is 0 Å². The van der Waals surface area contributed by atoms with E-state index in [-0.39, 0.29) is 0 Å². The summed E-state index contributed by atoms with van der Waals surface area (Å²) >= 11 is 5.82. The van der Waals surface area contributed by atoms with Gasteiger partial charge in [0, 0.05) is 42.8 Å². The van der Waals surface area contributed by atoms with Gasteiger partial charge in [0.25, 0.3) is 0 Å². The standard InChI is InChI=1S/C23H25N3S/c1-4-17-5-6-19-15-26(23(27)21(19)13-17)20-8-7-18-9-11-25(22(18)14-20)12-10-24-16(2)3/h5-9,11,13-14,24H,2,4,10,12,15H2,1,3H3. The van der Waals surface area contributed by atoms with Crippen LogP contribution in [-0.4, -0.2) is 16.1 Å². The highest BCUT2D eigenvalue weighted by Gasteiger charge is 2.25. The van der Waals surface area contributed by atoms with E-state index in [2.05, 4.69) is 76.9 Å². The van der Waals surface area contributed by atoms with E-state index in [4.69, 9.17) is 12.2 Å². The van der Waals surface area contributed by atoms with Crippen molar-refractivity contribution >= 4 is 33.8 Å². The van der Waals surface area contributed by atoms with Gasteiger partial charge in [-0.05, 0) is 54.1 Å². The van der Waals surface area contributed by atoms with Crippen molar-refractivity contribution in [2.75, 3.05) is 11.4 Å². The van der Waals surface area contributed by atoms with Gasteiger partial charge in [-0.15, -0.1) is 0 Å². The molecule has 0 saturated carbocycles. The second-order valence-electron chi connectivity index (χ2n) is 7.20. The molecule has 0 unspecified atom stereocenters. The van der Waals surface area contributed by atoms with Gasteiger partial charge in [-0.2, -0.15) is 0 Å². The molecule has 2 heterocycles. The zero-order valence-corrected chi connectivity index (χ0v) is 16.8. The molecule has 0 bridgehead atoms. The van der Waals surface area contributed by atoms with Crippen LogP contribution in [0.4, 0.5) is 5.69 Å². The third-order valence-corrected chi connectivity index (χ3v) is 5.68. The molecular formula is C23H25N3S. The van der Waals surface area contributed by atoms with Gasteiger partial charge >= 0.3 is 0 Å². The Morgan fingerprint density at radius 2 is 2.04 bits per heavy atom. The number of aromatic nitrogens is 1. The van der Waals surface area contributed by atoms with Crippen molar-refractivity contribution in [3.63, 3.8) is 0 Å². The van der Waals surface area contributed by atoms with Crippen molar-refractivity contribution < 1.29 is 0 Å². The Labute approximate surface area is 166 Å². The van der Waals surface area contributed by atoms with Crippen LogP contribution in [0, 0.1) is 0 Å². The van der Waals surface area contributed by atoms with Gasteiger partial charge in [0.15, 0.2) is 0 Å². The number of fused-ring (bicyclic) bond motifs is 2. The molecule has 0 aliphatic carbocycles. The van der Waals surface area contributed by atoms with Crippen LogP contribution < -0.4 is 10.2 Å². The van der Waals surface area contributed by atoms with Gasteiger partial charge < -0.3 is 14.8 Å². The van der Waals surface area contributed by atoms with Gasteiger partial charge in [-0.1, -0.05) is 43.9 Å². The molecule has 0 saturated heterocycles. The molecule has 1 aliphatic rings. The molecule has 138 valence electrons. The Balaban J connectivity index is 1.62. The van der Waals surface area contributed by atoms with Crippen molar-refractivity contribution in [2.24, 2.45) is 0 Å². The molecule has 3 aromatic rings. The molecule has 1 aromatic heterocycles. The zero-order valence-electron chi connectivity index (χ0n) is 16.0. The number of rotatable bonds is 6. The molecular weight excluding hydrogens is 350 g/mol. The fourth-order valence-electron chi connectivity index (χ4n) is 3.70. The summed E-state index contributed by atoms with van der Waals surface area (Å²) in [6.07, 6.45) is 3.19. The lowest BCUT2D eigenvalue weighted by Gasteiger charge is -2.19. The van der Waals surface area contributed by atoms with E-state index >= 15 is 0 Å². The highest BCUT2D eigenvalue weighted by atomic mass is 32.1. The summed E-state index contributed by atoms with van der Waals surface area (Å²) < 4.78 is 2.29. The van der Waals surface area contributed by atoms with Crippen LogP contribution in [0.1, 0.15) is 30.5 Å². The first-order valence-electron chi connectivity index (χ1n) is 9.48. The summed E-state index contributed by atoms with van der Waals surface area (Å²) in [5.74, 6) is 0. The van der Waals surface area contributed by atoms with E-state index in [1.54, 1.807) is 0 Å². The molecule has 4 heteroatoms. The van der Waals surface area contributed by atoms with Gasteiger partial charge in [0.1, 0.15) is 4.99 Å². The third-order valence-electron chi connectivity index (χ3n) is 5.24. The number of hydrogen-bond donors (Lipinski definition) is 1. The first kappa shape index (κ1) is 17.8. The van der Waals surface area contributed by atoms with Crippen LogP contribution in [-0.2, 0) is 19.5 Å². The second kappa shape index (κ2) is 7.20. The number of allylic oxidation sites excluding steroid dienone is 1. The van der Waals surface area contributed by atoms with Crippen LogP contribution >= 0.6 is 12.2 Å². The van der Waals surface area contributed by atoms with E-state index < -0.39 is 0 Å². The Morgan fingerprint density at radius 3 is 2.81 bits per heavy atom. The molecule has 0 radical (unpaired) electrons. The van der Waals surface area contributed by atoms with E-state index in [1.807, 2.05) is 6.92 Å². The maximum absolute atomic E-state index is 5.82. The van der Waals surface area contributed by atoms with E-state index in [1.165, 1.54) is 27.6 Å². The molecule has 1 aliphatic heterocycles. The Kier molecular flexibility index (Phi) is 4.75. The summed E-state index contributed by atoms with van der Waals surface area (Å²) in [7, 11) is 0. The molecule has 1 N–H and O–H groups in total. The monoisotopic (exact) mass is 375 g/mol. The van der Waals surface area contributed by atoms with Crippen LogP contribution in [0.5, 0.6) is 0 Å². The van der Waals surface area contributed by atoms with Crippen molar-refractivity contribution in [2.45, 2.75) is 33.4 Å². The molecule has 2 aromatic carbocycles. The third kappa shape index (κ3) is 3.37. The van der Waals surface area contributed by atoms with Crippen molar-refractivity contribution in [1.82, 2.24) is 9.88 Å². The maximum atomic E-state index is 5.82. The second-order valence-corrected chi connectivity index (χ2v) is 7.58. The molecule has 4 rings (SSSR count). The zero-order chi connectivity index (χ0) is 19.0. The molecule has 0 fully saturated rings. The van der Waals surface area contributed by atoms with Crippen LogP contribution in [0.15, 0.2) is 60.9 Å². The number of thiocarbonyl (C=S) groups is 1. The van der Waals surface area contributed by atoms with E-state index in [0.717, 1.165) is 42.4 Å². The number of nitrogens with one attached hydrogen (secondary N) is 1. The first-order chi connectivity index (χ1) is 13.1. The minimum atomic E-state index is 0.849. The quantitative estimate of drug-likeness (QED) is 0.611. The SMILES string of the molecule is C=C(C)NCCn1ccc2ccc(N3Cc4ccc(CC)cc4C3=S)cc21. The summed E-state index contributed by atoms with van der Waals surface area (Å²) in [4.78, 5) is 3.18. The predicted octanol–water partition coefficient (Wildman–Crippen LogP) is 5.02. The molecule has 0 amide bonds. The molecule has 0 atom stereocenters. The highest BCUT2D eigenvalue weighted by Crippen LogP contribution is 2.32. The number of hydrogen-bond acceptors (Lipinski definition) is 2. The van der Waals surface area contributed by atoms with E-state index in [0.29, 0.717) is 0 Å². The van der Waals surface area contributed by atoms with E-state index in [9.17, 15) is 0 Å². The number of benzene rings is 2. The lowest BCUT2D eigenvalue weighted by Crippen LogP contribution is -2.22. The van der Waals surface area contributed by atoms with Crippen molar-refractivity contribution in [3.05, 3.63) is 77.6 Å². The number of anilines is 1. The van der Waals surface area contributed by atoms with Crippen molar-refractivity contribution in [1.29, 1.82) is 0 Å². The average Bonchev–Trinajstić information content (AvgIpc) is 3.22. The Hall–Kier alpha value is -2.59. The Bertz CT molecular complexity index is 1030. The largest absolute Gasteiger partial charge is 0.387 e. The first-order valence-corrected chi connectivity index (χ1v) is 9.89. The Morgan fingerprint density at radius 1 is 1.19 bits per heavy atom. The highest BCUT2D eigenvalue weighted by molar-refractivity contribution is 7.81. The molecule has 27 heavy (non-hydrogen) atoms. The average molecular weight is 376 g/mol. The summed E-state index contributed by atoms with van der Waals surface area (Å²) in [5, 5.41) is 4.56. The molecule has 0 spiro atoms. The lowest BCUT2D eigenvalue weighted by molar-refractivity contribution is 0.664. The van der Waals surface area contributed by atoms with Gasteiger partial charge in [-0.3, -0.25) is 0 Å². The number of aryl methyl sites for hydroxylation is 1. The van der Waals surface area contributed by atoms with Crippen LogP contribution in [0.3, 0.4) is 0 Å². The fraction of sp³-hybridized carbons (Fsp3) is 0.261. The predicted molar refractivity (Wildman–Crippen MR) is 118 cm³/mol. The number of nitrogens with zero attached hydrogens (tertiary/aromatic N) is 2. The summed E-state index contributed by atoms with van der Waals surface area (Å²) in [6, 6.07) is 15.5. The van der Waals surface area contributed by atoms with Crippen LogP contribution in [0.25, 0.3) is 10.9 Å². The minimum Gasteiger partial charge on any atom is -0.387 e. The normalized spacial score (nSPS) is 13.3. The van der Waals surface area contributed by atoms with Gasteiger partial charge in [-0.25, -0.2) is 0 Å². The van der Waals surface area contributed by atoms with Gasteiger partial charge in [0.2, 0.25) is 0 Å². The minimum absolute atomic E-state index is 0.849. The maximum Gasteiger partial charge on any atom is 0.114 e. The lowest BCUT2D eigenvalue weighted by atomic mass is 10.1. The van der Waals surface area contributed by atoms with Gasteiger partial charge in [0.05, 0.1) is 5.52 Å². The molecule has 3 nitrogen and oxygen atoms in total. The van der Waals surface area contributed by atoms with Crippen LogP contribution in [0.2, 0.25) is 0 Å². The summed E-state index contributed by atoms with van der Waals surface area (Å²) in [5.41, 5.74) is 7.27.